The molecular formula is C21H23BrN4O3S2. The van der Waals surface area contributed by atoms with Crippen LogP contribution in [0, 0.1) is 6.92 Å². The molecule has 164 valence electrons. The fourth-order valence-electron chi connectivity index (χ4n) is 3.85. The van der Waals surface area contributed by atoms with E-state index in [1.807, 2.05) is 29.8 Å². The molecule has 3 heterocycles. The molecule has 5 rings (SSSR count). The maximum atomic E-state index is 13.2. The molecule has 2 aromatic heterocycles. The molecule has 0 bridgehead atoms. The van der Waals surface area contributed by atoms with Crippen LogP contribution >= 0.6 is 27.3 Å². The molecule has 3 aromatic rings. The van der Waals surface area contributed by atoms with Crippen LogP contribution in [-0.4, -0.2) is 35.0 Å². The Hall–Kier alpha value is -1.75. The average Bonchev–Trinajstić information content (AvgIpc) is 3.45. The van der Waals surface area contributed by atoms with E-state index in [4.69, 9.17) is 4.74 Å². The Morgan fingerprint density at radius 1 is 1.23 bits per heavy atom. The van der Waals surface area contributed by atoms with E-state index in [2.05, 4.69) is 31.3 Å². The Kier molecular flexibility index (Phi) is 5.66. The Morgan fingerprint density at radius 3 is 2.74 bits per heavy atom. The third-order valence-corrected chi connectivity index (χ3v) is 9.39. The van der Waals surface area contributed by atoms with E-state index in [0.29, 0.717) is 39.8 Å². The number of aryl methyl sites for hydroxylation is 1. The third kappa shape index (κ3) is 4.30. The number of nitrogens with one attached hydrogen (secondary N) is 1. The van der Waals surface area contributed by atoms with Gasteiger partial charge in [-0.15, -0.1) is 11.3 Å². The molecule has 1 saturated heterocycles. The molecule has 10 heteroatoms. The molecule has 2 aliphatic rings. The summed E-state index contributed by atoms with van der Waals surface area (Å²) in [5.41, 5.74) is 2.34. The minimum atomic E-state index is -3.40. The maximum Gasteiger partial charge on any atom is 0.182 e. The molecule has 1 aliphatic heterocycles. The Bertz CT molecular complexity index is 1210. The first-order valence-electron chi connectivity index (χ1n) is 10.4. The summed E-state index contributed by atoms with van der Waals surface area (Å²) in [5.74, 6) is 0.672. The van der Waals surface area contributed by atoms with Gasteiger partial charge in [0.1, 0.15) is 5.01 Å². The molecule has 2 fully saturated rings. The lowest BCUT2D eigenvalue weighted by Gasteiger charge is -2.23. The second-order valence-electron chi connectivity index (χ2n) is 7.99. The van der Waals surface area contributed by atoms with E-state index >= 15 is 0 Å². The van der Waals surface area contributed by atoms with Crippen LogP contribution < -0.4 is 5.32 Å². The number of rotatable bonds is 6. The number of sulfone groups is 1. The van der Waals surface area contributed by atoms with Crippen molar-refractivity contribution in [1.82, 2.24) is 14.8 Å². The van der Waals surface area contributed by atoms with Crippen molar-refractivity contribution >= 4 is 48.6 Å². The first-order chi connectivity index (χ1) is 14.9. The lowest BCUT2D eigenvalue weighted by molar-refractivity contribution is -0.0404. The first kappa shape index (κ1) is 21.1. The quantitative estimate of drug-likeness (QED) is 0.462. The summed E-state index contributed by atoms with van der Waals surface area (Å²) in [5, 5.41) is 8.34. The minimum absolute atomic E-state index is 0.0409. The van der Waals surface area contributed by atoms with Crippen LogP contribution in [0.5, 0.6) is 0 Å². The largest absolute Gasteiger partial charge is 0.357 e. The highest BCUT2D eigenvalue weighted by Gasteiger charge is 2.38. The average molecular weight is 523 g/mol. The minimum Gasteiger partial charge on any atom is -0.357 e. The number of aromatic nitrogens is 3. The van der Waals surface area contributed by atoms with E-state index in [-0.39, 0.29) is 11.5 Å². The smallest absolute Gasteiger partial charge is 0.182 e. The van der Waals surface area contributed by atoms with Gasteiger partial charge >= 0.3 is 0 Å². The van der Waals surface area contributed by atoms with Gasteiger partial charge in [0.15, 0.2) is 21.9 Å². The maximum absolute atomic E-state index is 13.2. The van der Waals surface area contributed by atoms with Crippen LogP contribution in [0.4, 0.5) is 11.5 Å². The first-order valence-corrected chi connectivity index (χ1v) is 13.5. The Morgan fingerprint density at radius 2 is 2.06 bits per heavy atom. The number of halogens is 1. The fourth-order valence-corrected chi connectivity index (χ4v) is 7.04. The zero-order valence-electron chi connectivity index (χ0n) is 17.0. The van der Waals surface area contributed by atoms with Gasteiger partial charge in [0.25, 0.3) is 0 Å². The highest BCUT2D eigenvalue weighted by Crippen LogP contribution is 2.41. The monoisotopic (exact) mass is 522 g/mol. The SMILES string of the molecule is Cc1cc(Nc2ccc(-c3ncc(Br)s3)c(S(=O)(=O)C3CC3)c2)nn1C1CCCCO1. The van der Waals surface area contributed by atoms with Gasteiger partial charge in [-0.2, -0.15) is 5.10 Å². The zero-order chi connectivity index (χ0) is 21.6. The van der Waals surface area contributed by atoms with Crippen molar-refractivity contribution in [2.75, 3.05) is 11.9 Å². The van der Waals surface area contributed by atoms with Gasteiger partial charge in [-0.3, -0.25) is 0 Å². The third-order valence-electron chi connectivity index (χ3n) is 5.58. The van der Waals surface area contributed by atoms with Crippen molar-refractivity contribution in [2.24, 2.45) is 0 Å². The molecule has 0 radical (unpaired) electrons. The fraction of sp³-hybridized carbons (Fsp3) is 0.429. The van der Waals surface area contributed by atoms with Crippen molar-refractivity contribution in [1.29, 1.82) is 0 Å². The summed E-state index contributed by atoms with van der Waals surface area (Å²) in [6, 6.07) is 7.38. The summed E-state index contributed by atoms with van der Waals surface area (Å²) in [6.45, 7) is 2.76. The molecule has 1 unspecified atom stereocenters. The van der Waals surface area contributed by atoms with E-state index < -0.39 is 9.84 Å². The molecule has 0 amide bonds. The number of thiazole rings is 1. The van der Waals surface area contributed by atoms with Gasteiger partial charge in [-0.05, 0) is 73.2 Å². The van der Waals surface area contributed by atoms with Crippen LogP contribution in [-0.2, 0) is 14.6 Å². The summed E-state index contributed by atoms with van der Waals surface area (Å²) < 4.78 is 35.0. The number of hydrogen-bond donors (Lipinski definition) is 1. The molecule has 1 atom stereocenters. The number of anilines is 2. The lowest BCUT2D eigenvalue weighted by atomic mass is 10.2. The number of benzene rings is 1. The van der Waals surface area contributed by atoms with Crippen molar-refractivity contribution in [3.8, 4) is 10.6 Å². The summed E-state index contributed by atoms with van der Waals surface area (Å²) in [4.78, 5) is 4.70. The Labute approximate surface area is 193 Å². The van der Waals surface area contributed by atoms with Crippen LogP contribution in [0.3, 0.4) is 0 Å². The van der Waals surface area contributed by atoms with E-state index in [1.54, 1.807) is 12.3 Å². The van der Waals surface area contributed by atoms with Gasteiger partial charge in [-0.1, -0.05) is 0 Å². The molecule has 1 saturated carbocycles. The highest BCUT2D eigenvalue weighted by atomic mass is 79.9. The van der Waals surface area contributed by atoms with Crippen LogP contribution in [0.2, 0.25) is 0 Å². The molecular weight excluding hydrogens is 500 g/mol. The van der Waals surface area contributed by atoms with Gasteiger partial charge in [0.05, 0.1) is 20.1 Å². The summed E-state index contributed by atoms with van der Waals surface area (Å²) in [7, 11) is -3.40. The topological polar surface area (TPSA) is 86.1 Å². The van der Waals surface area contributed by atoms with Gasteiger partial charge in [-0.25, -0.2) is 18.1 Å². The molecule has 7 nitrogen and oxygen atoms in total. The molecule has 1 N–H and O–H groups in total. The number of hydrogen-bond acceptors (Lipinski definition) is 7. The lowest BCUT2D eigenvalue weighted by Crippen LogP contribution is -2.20. The molecule has 31 heavy (non-hydrogen) atoms. The molecule has 1 aliphatic carbocycles. The van der Waals surface area contributed by atoms with Gasteiger partial charge in [0, 0.05) is 29.6 Å². The van der Waals surface area contributed by atoms with Crippen LogP contribution in [0.25, 0.3) is 10.6 Å². The van der Waals surface area contributed by atoms with Crippen molar-refractivity contribution < 1.29 is 13.2 Å². The predicted molar refractivity (Wildman–Crippen MR) is 125 cm³/mol. The van der Waals surface area contributed by atoms with Crippen LogP contribution in [0.15, 0.2) is 39.1 Å². The summed E-state index contributed by atoms with van der Waals surface area (Å²) in [6.07, 6.45) is 6.25. The second-order valence-corrected chi connectivity index (χ2v) is 12.6. The number of nitrogens with zero attached hydrogens (tertiary/aromatic N) is 3. The van der Waals surface area contributed by atoms with E-state index in [9.17, 15) is 8.42 Å². The second kappa shape index (κ2) is 8.31. The highest BCUT2D eigenvalue weighted by molar-refractivity contribution is 9.11. The van der Waals surface area contributed by atoms with Gasteiger partial charge < -0.3 is 10.1 Å². The van der Waals surface area contributed by atoms with Crippen molar-refractivity contribution in [2.45, 2.75) is 55.4 Å². The van der Waals surface area contributed by atoms with Crippen molar-refractivity contribution in [3.63, 3.8) is 0 Å². The van der Waals surface area contributed by atoms with E-state index in [0.717, 1.165) is 35.3 Å². The predicted octanol–water partition coefficient (Wildman–Crippen LogP) is 5.46. The van der Waals surface area contributed by atoms with E-state index in [1.165, 1.54) is 11.3 Å². The molecule has 0 spiro atoms. The normalized spacial score (nSPS) is 19.5. The molecule has 1 aromatic carbocycles. The zero-order valence-corrected chi connectivity index (χ0v) is 20.3. The van der Waals surface area contributed by atoms with Gasteiger partial charge in [0.2, 0.25) is 0 Å². The van der Waals surface area contributed by atoms with Crippen LogP contribution in [0.1, 0.15) is 44.0 Å². The van der Waals surface area contributed by atoms with Crippen molar-refractivity contribution in [3.05, 3.63) is 39.9 Å². The summed E-state index contributed by atoms with van der Waals surface area (Å²) >= 11 is 4.84. The Balaban J connectivity index is 1.48. The standard InChI is InChI=1S/C21H23BrN4O3S2/c1-13-10-19(25-26(13)20-4-2-3-9-29-20)24-14-5-8-16(21-23-12-18(22)30-21)17(11-14)31(27,28)15-6-7-15/h5,8,10-12,15,20H,2-4,6-7,9H2,1H3,(H,24,25). The number of ether oxygens (including phenoxy) is 1.